The molecule has 0 bridgehead atoms. The largest absolute Gasteiger partial charge is 0.451 e. The zero-order chi connectivity index (χ0) is 19.4. The van der Waals surface area contributed by atoms with Crippen LogP contribution in [-0.4, -0.2) is 17.4 Å². The van der Waals surface area contributed by atoms with Gasteiger partial charge in [0, 0.05) is 6.07 Å². The number of benzene rings is 2. The lowest BCUT2D eigenvalue weighted by Gasteiger charge is -2.10. The van der Waals surface area contributed by atoms with Crippen molar-refractivity contribution in [2.24, 2.45) is 0 Å². The second kappa shape index (κ2) is 7.65. The van der Waals surface area contributed by atoms with Gasteiger partial charge < -0.3 is 14.5 Å². The van der Waals surface area contributed by atoms with Gasteiger partial charge in [0.15, 0.2) is 5.76 Å². The number of carbonyl (C=O) groups is 1. The molecule has 0 saturated heterocycles. The molecule has 1 N–H and O–H groups in total. The third-order valence-electron chi connectivity index (χ3n) is 3.55. The van der Waals surface area contributed by atoms with Gasteiger partial charge in [-0.1, -0.05) is 24.3 Å². The molecule has 0 aliphatic carbocycles. The second-order valence-electron chi connectivity index (χ2n) is 5.27. The smallest absolute Gasteiger partial charge is 0.387 e. The van der Waals surface area contributed by atoms with Gasteiger partial charge in [0.25, 0.3) is 11.6 Å². The molecule has 27 heavy (non-hydrogen) atoms. The lowest BCUT2D eigenvalue weighted by Crippen LogP contribution is -2.13. The lowest BCUT2D eigenvalue weighted by molar-refractivity contribution is -0.384. The number of halogens is 2. The van der Waals surface area contributed by atoms with Crippen LogP contribution in [0.4, 0.5) is 20.2 Å². The van der Waals surface area contributed by atoms with E-state index >= 15 is 0 Å². The minimum Gasteiger partial charge on any atom is -0.451 e. The zero-order valence-electron chi connectivity index (χ0n) is 13.6. The van der Waals surface area contributed by atoms with Crippen molar-refractivity contribution in [1.82, 2.24) is 0 Å². The number of rotatable bonds is 6. The van der Waals surface area contributed by atoms with Gasteiger partial charge in [0.05, 0.1) is 16.2 Å². The number of furan rings is 1. The molecule has 0 fully saturated rings. The van der Waals surface area contributed by atoms with Crippen molar-refractivity contribution in [2.75, 3.05) is 5.32 Å². The first-order valence-corrected chi connectivity index (χ1v) is 7.64. The second-order valence-corrected chi connectivity index (χ2v) is 5.27. The summed E-state index contributed by atoms with van der Waals surface area (Å²) in [6, 6.07) is 14.4. The van der Waals surface area contributed by atoms with Crippen LogP contribution in [0.2, 0.25) is 0 Å². The average molecular weight is 374 g/mol. The fraction of sp³-hybridized carbons (Fsp3) is 0.0556. The van der Waals surface area contributed by atoms with Crippen LogP contribution >= 0.6 is 0 Å². The van der Waals surface area contributed by atoms with E-state index in [4.69, 9.17) is 4.42 Å². The Hall–Kier alpha value is -3.75. The molecule has 0 aliphatic heterocycles. The Balaban J connectivity index is 1.84. The normalized spacial score (nSPS) is 10.6. The van der Waals surface area contributed by atoms with Gasteiger partial charge in [-0.15, -0.1) is 0 Å². The molecule has 1 aromatic heterocycles. The van der Waals surface area contributed by atoms with E-state index in [1.165, 1.54) is 54.6 Å². The van der Waals surface area contributed by atoms with Crippen LogP contribution in [0.15, 0.2) is 65.1 Å². The number of nitro benzene ring substituents is 1. The van der Waals surface area contributed by atoms with Crippen LogP contribution < -0.4 is 10.1 Å². The average Bonchev–Trinajstić information content (AvgIpc) is 3.13. The van der Waals surface area contributed by atoms with Crippen LogP contribution in [0.3, 0.4) is 0 Å². The highest BCUT2D eigenvalue weighted by Gasteiger charge is 2.20. The van der Waals surface area contributed by atoms with Gasteiger partial charge in [0.2, 0.25) is 0 Å². The highest BCUT2D eigenvalue weighted by atomic mass is 19.3. The molecular weight excluding hydrogens is 362 g/mol. The Morgan fingerprint density at radius 3 is 2.52 bits per heavy atom. The van der Waals surface area contributed by atoms with Crippen molar-refractivity contribution >= 4 is 17.3 Å². The molecule has 1 amide bonds. The van der Waals surface area contributed by atoms with Crippen LogP contribution in [0.5, 0.6) is 5.75 Å². The minimum absolute atomic E-state index is 0.0337. The molecule has 0 unspecified atom stereocenters. The van der Waals surface area contributed by atoms with Crippen molar-refractivity contribution in [3.63, 3.8) is 0 Å². The molecule has 0 spiro atoms. The van der Waals surface area contributed by atoms with Crippen LogP contribution in [0.1, 0.15) is 10.6 Å². The van der Waals surface area contributed by atoms with E-state index in [0.717, 1.165) is 0 Å². The van der Waals surface area contributed by atoms with E-state index in [9.17, 15) is 23.7 Å². The van der Waals surface area contributed by atoms with E-state index < -0.39 is 17.4 Å². The van der Waals surface area contributed by atoms with E-state index in [2.05, 4.69) is 10.1 Å². The molecule has 138 valence electrons. The predicted octanol–water partition coefficient (Wildman–Crippen LogP) is 4.71. The summed E-state index contributed by atoms with van der Waals surface area (Å²) in [5.74, 6) is -0.934. The Labute approximate surface area is 151 Å². The fourth-order valence-electron chi connectivity index (χ4n) is 2.40. The fourth-order valence-corrected chi connectivity index (χ4v) is 2.40. The Kier molecular flexibility index (Phi) is 5.11. The molecule has 3 rings (SSSR count). The van der Waals surface area contributed by atoms with Gasteiger partial charge in [-0.3, -0.25) is 14.9 Å². The van der Waals surface area contributed by atoms with Gasteiger partial charge in [-0.2, -0.15) is 8.78 Å². The van der Waals surface area contributed by atoms with Crippen molar-refractivity contribution < 1.29 is 27.7 Å². The number of nitrogens with one attached hydrogen (secondary N) is 1. The molecular formula is C18H12F2N2O5. The van der Waals surface area contributed by atoms with Gasteiger partial charge >= 0.3 is 6.61 Å². The Bertz CT molecular complexity index is 987. The van der Waals surface area contributed by atoms with Crippen molar-refractivity contribution in [1.29, 1.82) is 0 Å². The zero-order valence-corrected chi connectivity index (χ0v) is 13.6. The summed E-state index contributed by atoms with van der Waals surface area (Å²) in [4.78, 5) is 22.9. The molecule has 3 aromatic rings. The molecule has 0 saturated carbocycles. The summed E-state index contributed by atoms with van der Waals surface area (Å²) >= 11 is 0. The summed E-state index contributed by atoms with van der Waals surface area (Å²) in [6.07, 6.45) is 0. The number of carbonyl (C=O) groups excluding carboxylic acids is 1. The quantitative estimate of drug-likeness (QED) is 0.498. The summed E-state index contributed by atoms with van der Waals surface area (Å²) in [5.41, 5.74) is 0.0731. The summed E-state index contributed by atoms with van der Waals surface area (Å²) in [6.45, 7) is -3.04. The molecule has 2 aromatic carbocycles. The van der Waals surface area contributed by atoms with E-state index in [1.54, 1.807) is 6.07 Å². The van der Waals surface area contributed by atoms with Gasteiger partial charge in [-0.25, -0.2) is 0 Å². The third-order valence-corrected chi connectivity index (χ3v) is 3.55. The van der Waals surface area contributed by atoms with Crippen molar-refractivity contribution in [2.45, 2.75) is 6.61 Å². The van der Waals surface area contributed by atoms with Crippen LogP contribution in [-0.2, 0) is 0 Å². The summed E-state index contributed by atoms with van der Waals surface area (Å²) < 4.78 is 34.6. The minimum atomic E-state index is -3.04. The number of nitro groups is 1. The molecule has 7 nitrogen and oxygen atoms in total. The number of anilines is 1. The topological polar surface area (TPSA) is 94.6 Å². The lowest BCUT2D eigenvalue weighted by atomic mass is 10.1. The van der Waals surface area contributed by atoms with Crippen molar-refractivity contribution in [3.05, 3.63) is 76.5 Å². The first-order valence-electron chi connectivity index (χ1n) is 7.64. The predicted molar refractivity (Wildman–Crippen MR) is 91.8 cm³/mol. The first-order chi connectivity index (χ1) is 13.0. The molecule has 9 heteroatoms. The van der Waals surface area contributed by atoms with Gasteiger partial charge in [0.1, 0.15) is 11.5 Å². The van der Waals surface area contributed by atoms with Crippen LogP contribution in [0, 0.1) is 10.1 Å². The number of amides is 1. The standard InChI is InChI=1S/C18H12F2N2O5/c19-18(20)27-15-8-4-2-6-12(15)21-17(23)16-10-9-14(26-16)11-5-1-3-7-13(11)22(24)25/h1-10,18H,(H,21,23). The Morgan fingerprint density at radius 2 is 1.78 bits per heavy atom. The highest BCUT2D eigenvalue weighted by Crippen LogP contribution is 2.31. The van der Waals surface area contributed by atoms with E-state index in [0.29, 0.717) is 0 Å². The molecule has 1 heterocycles. The molecule has 0 aliphatic rings. The first kappa shape index (κ1) is 18.1. The van der Waals surface area contributed by atoms with E-state index in [-0.39, 0.29) is 34.2 Å². The maximum atomic E-state index is 12.4. The number of nitrogens with zero attached hydrogens (tertiary/aromatic N) is 1. The highest BCUT2D eigenvalue weighted by molar-refractivity contribution is 6.03. The molecule has 0 radical (unpaired) electrons. The number of para-hydroxylation sites is 3. The van der Waals surface area contributed by atoms with E-state index in [1.807, 2.05) is 0 Å². The van der Waals surface area contributed by atoms with Crippen LogP contribution in [0.25, 0.3) is 11.3 Å². The summed E-state index contributed by atoms with van der Waals surface area (Å²) in [7, 11) is 0. The maximum Gasteiger partial charge on any atom is 0.387 e. The number of hydrogen-bond acceptors (Lipinski definition) is 5. The number of ether oxygens (including phenoxy) is 1. The van der Waals surface area contributed by atoms with Crippen molar-refractivity contribution in [3.8, 4) is 17.1 Å². The SMILES string of the molecule is O=C(Nc1ccccc1OC(F)F)c1ccc(-c2ccccc2[N+](=O)[O-])o1. The summed E-state index contributed by atoms with van der Waals surface area (Å²) in [5, 5.41) is 13.5. The Morgan fingerprint density at radius 1 is 1.07 bits per heavy atom. The monoisotopic (exact) mass is 374 g/mol. The number of alkyl halides is 2. The number of hydrogen-bond donors (Lipinski definition) is 1. The maximum absolute atomic E-state index is 12.4. The third kappa shape index (κ3) is 4.09. The molecule has 0 atom stereocenters. The van der Waals surface area contributed by atoms with Gasteiger partial charge in [-0.05, 0) is 30.3 Å².